The van der Waals surface area contributed by atoms with E-state index < -0.39 is 0 Å². The number of hydrogen-bond acceptors (Lipinski definition) is 2. The van der Waals surface area contributed by atoms with Gasteiger partial charge in [-0.25, -0.2) is 4.39 Å². The average molecular weight is 282 g/mol. The van der Waals surface area contributed by atoms with E-state index in [4.69, 9.17) is 0 Å². The van der Waals surface area contributed by atoms with Gasteiger partial charge >= 0.3 is 0 Å². The largest absolute Gasteiger partial charge is 0.279 e. The number of rotatable bonds is 6. The van der Waals surface area contributed by atoms with Crippen molar-refractivity contribution in [3.8, 4) is 0 Å². The molecule has 1 N–H and O–H groups in total. The van der Waals surface area contributed by atoms with Crippen molar-refractivity contribution in [1.29, 1.82) is 0 Å². The molecule has 0 spiro atoms. The van der Waals surface area contributed by atoms with Crippen LogP contribution in [0, 0.1) is 12.7 Å². The maximum Gasteiger partial charge on any atom is 0.126 e. The van der Waals surface area contributed by atoms with Crippen molar-refractivity contribution in [2.75, 3.05) is 0 Å². The summed E-state index contributed by atoms with van der Waals surface area (Å²) in [5, 5.41) is 3.65. The van der Waals surface area contributed by atoms with Crippen molar-refractivity contribution in [3.63, 3.8) is 0 Å². The van der Waals surface area contributed by atoms with Gasteiger partial charge in [-0.05, 0) is 42.5 Å². The van der Waals surface area contributed by atoms with Crippen molar-refractivity contribution in [1.82, 2.24) is 5.43 Å². The lowest BCUT2D eigenvalue weighted by Gasteiger charge is -2.11. The molecule has 0 saturated heterocycles. The van der Waals surface area contributed by atoms with Crippen LogP contribution in [0.5, 0.6) is 0 Å². The Morgan fingerprint density at radius 2 is 1.95 bits per heavy atom. The molecular formula is C18H19FN2. The third kappa shape index (κ3) is 3.78. The molecule has 2 rings (SSSR count). The van der Waals surface area contributed by atoms with Gasteiger partial charge in [-0.3, -0.25) is 5.43 Å². The normalized spacial score (nSPS) is 10.2. The molecule has 0 amide bonds. The molecule has 0 atom stereocenters. The van der Waals surface area contributed by atoms with Crippen molar-refractivity contribution in [3.05, 3.63) is 77.1 Å². The standard InChI is InChI=1S/C18H19FN2/c1-13-12-15(9-11-18(13)19)8-10-16-6-4-5-7-17(16)14(2)21-20-3/h4-7,9,11-12,21H,2-3,8,10H2,1H3. The Labute approximate surface area is 125 Å². The molecule has 2 nitrogen and oxygen atoms in total. The second-order valence-corrected chi connectivity index (χ2v) is 4.99. The van der Waals surface area contributed by atoms with Crippen LogP contribution in [0.3, 0.4) is 0 Å². The molecule has 0 aliphatic heterocycles. The molecule has 0 saturated carbocycles. The van der Waals surface area contributed by atoms with Crippen molar-refractivity contribution in [2.45, 2.75) is 19.8 Å². The fourth-order valence-electron chi connectivity index (χ4n) is 2.33. The first-order valence-electron chi connectivity index (χ1n) is 6.85. The summed E-state index contributed by atoms with van der Waals surface area (Å²) < 4.78 is 13.3. The van der Waals surface area contributed by atoms with Crippen LogP contribution >= 0.6 is 0 Å². The van der Waals surface area contributed by atoms with Gasteiger partial charge in [0.1, 0.15) is 5.82 Å². The van der Waals surface area contributed by atoms with Gasteiger partial charge in [-0.1, -0.05) is 43.0 Å². The van der Waals surface area contributed by atoms with Gasteiger partial charge in [-0.15, -0.1) is 0 Å². The average Bonchev–Trinajstić information content (AvgIpc) is 2.49. The molecule has 0 radical (unpaired) electrons. The Morgan fingerprint density at radius 1 is 1.19 bits per heavy atom. The zero-order valence-electron chi connectivity index (χ0n) is 12.2. The third-order valence-corrected chi connectivity index (χ3v) is 3.46. The molecule has 2 aromatic rings. The summed E-state index contributed by atoms with van der Waals surface area (Å²) in [5.74, 6) is -0.159. The zero-order chi connectivity index (χ0) is 15.2. The first kappa shape index (κ1) is 15.0. The van der Waals surface area contributed by atoms with Crippen LogP contribution in [0.1, 0.15) is 22.3 Å². The van der Waals surface area contributed by atoms with Crippen molar-refractivity contribution in [2.24, 2.45) is 5.10 Å². The van der Waals surface area contributed by atoms with E-state index in [9.17, 15) is 4.39 Å². The fourth-order valence-corrected chi connectivity index (χ4v) is 2.33. The molecule has 0 bridgehead atoms. The van der Waals surface area contributed by atoms with E-state index >= 15 is 0 Å². The van der Waals surface area contributed by atoms with Gasteiger partial charge in [0.2, 0.25) is 0 Å². The molecule has 0 aliphatic carbocycles. The Balaban J connectivity index is 2.14. The molecule has 0 unspecified atom stereocenters. The first-order chi connectivity index (χ1) is 10.1. The molecule has 0 aliphatic rings. The summed E-state index contributed by atoms with van der Waals surface area (Å²) in [6, 6.07) is 13.3. The van der Waals surface area contributed by atoms with E-state index in [0.717, 1.165) is 29.7 Å². The van der Waals surface area contributed by atoms with Gasteiger partial charge < -0.3 is 0 Å². The summed E-state index contributed by atoms with van der Waals surface area (Å²) in [7, 11) is 0. The number of aryl methyl sites for hydroxylation is 3. The van der Waals surface area contributed by atoms with Crippen LogP contribution in [0.15, 0.2) is 54.1 Å². The highest BCUT2D eigenvalue weighted by Crippen LogP contribution is 2.19. The summed E-state index contributed by atoms with van der Waals surface area (Å²) in [6.07, 6.45) is 1.71. The Bertz CT molecular complexity index is 662. The monoisotopic (exact) mass is 282 g/mol. The maximum atomic E-state index is 13.3. The molecule has 0 fully saturated rings. The lowest BCUT2D eigenvalue weighted by molar-refractivity contribution is 0.617. The smallest absolute Gasteiger partial charge is 0.126 e. The van der Waals surface area contributed by atoms with Gasteiger partial charge in [-0.2, -0.15) is 5.10 Å². The van der Waals surface area contributed by atoms with E-state index in [-0.39, 0.29) is 5.82 Å². The molecule has 0 aromatic heterocycles. The Kier molecular flexibility index (Phi) is 4.88. The molecule has 108 valence electrons. The minimum Gasteiger partial charge on any atom is -0.279 e. The lowest BCUT2D eigenvalue weighted by Crippen LogP contribution is -2.05. The third-order valence-electron chi connectivity index (χ3n) is 3.46. The van der Waals surface area contributed by atoms with Gasteiger partial charge in [0.05, 0.1) is 5.70 Å². The van der Waals surface area contributed by atoms with Gasteiger partial charge in [0.15, 0.2) is 0 Å². The second kappa shape index (κ2) is 6.84. The lowest BCUT2D eigenvalue weighted by atomic mass is 9.98. The number of halogens is 1. The molecule has 3 heteroatoms. The number of nitrogens with zero attached hydrogens (tertiary/aromatic N) is 1. The quantitative estimate of drug-likeness (QED) is 0.626. The summed E-state index contributed by atoms with van der Waals surface area (Å²) in [5.41, 5.74) is 7.54. The van der Waals surface area contributed by atoms with E-state index in [1.54, 1.807) is 6.92 Å². The molecule has 2 aromatic carbocycles. The zero-order valence-corrected chi connectivity index (χ0v) is 12.2. The highest BCUT2D eigenvalue weighted by molar-refractivity contribution is 5.64. The van der Waals surface area contributed by atoms with Crippen LogP contribution in [0.2, 0.25) is 0 Å². The van der Waals surface area contributed by atoms with Gasteiger partial charge in [0.25, 0.3) is 0 Å². The Morgan fingerprint density at radius 3 is 2.67 bits per heavy atom. The summed E-state index contributed by atoms with van der Waals surface area (Å²) in [4.78, 5) is 0. The fraction of sp³-hybridized carbons (Fsp3) is 0.167. The second-order valence-electron chi connectivity index (χ2n) is 4.99. The minimum absolute atomic E-state index is 0.159. The summed E-state index contributed by atoms with van der Waals surface area (Å²) >= 11 is 0. The van der Waals surface area contributed by atoms with Crippen LogP contribution in [0.25, 0.3) is 5.70 Å². The van der Waals surface area contributed by atoms with E-state index in [1.807, 2.05) is 30.3 Å². The minimum atomic E-state index is -0.159. The van der Waals surface area contributed by atoms with Crippen LogP contribution in [-0.2, 0) is 12.8 Å². The first-order valence-corrected chi connectivity index (χ1v) is 6.85. The highest BCUT2D eigenvalue weighted by atomic mass is 19.1. The van der Waals surface area contributed by atoms with Crippen LogP contribution < -0.4 is 5.43 Å². The van der Waals surface area contributed by atoms with Crippen LogP contribution in [-0.4, -0.2) is 6.72 Å². The predicted octanol–water partition coefficient (Wildman–Crippen LogP) is 4.10. The summed E-state index contributed by atoms with van der Waals surface area (Å²) in [6.45, 7) is 9.16. The number of benzene rings is 2. The van der Waals surface area contributed by atoms with Crippen LogP contribution in [0.4, 0.5) is 4.39 Å². The molecular weight excluding hydrogens is 263 g/mol. The number of hydrogen-bond donors (Lipinski definition) is 1. The highest BCUT2D eigenvalue weighted by Gasteiger charge is 2.06. The van der Waals surface area contributed by atoms with Gasteiger partial charge in [0, 0.05) is 12.3 Å². The number of nitrogens with one attached hydrogen (secondary N) is 1. The molecule has 0 heterocycles. The van der Waals surface area contributed by atoms with E-state index in [1.165, 1.54) is 11.6 Å². The van der Waals surface area contributed by atoms with Crippen molar-refractivity contribution < 1.29 is 4.39 Å². The maximum absolute atomic E-state index is 13.3. The SMILES string of the molecule is C=NNC(=C)c1ccccc1CCc1ccc(F)c(C)c1. The predicted molar refractivity (Wildman–Crippen MR) is 86.7 cm³/mol. The molecule has 21 heavy (non-hydrogen) atoms. The Hall–Kier alpha value is -2.42. The van der Waals surface area contributed by atoms with Crippen molar-refractivity contribution >= 4 is 12.4 Å². The number of hydrazone groups is 1. The topological polar surface area (TPSA) is 24.4 Å². The van der Waals surface area contributed by atoms with E-state index in [0.29, 0.717) is 5.56 Å². The van der Waals surface area contributed by atoms with E-state index in [2.05, 4.69) is 29.9 Å².